The molecule has 0 atom stereocenters. The van der Waals surface area contributed by atoms with Crippen molar-refractivity contribution >= 4 is 22.6 Å². The molecule has 16 heavy (non-hydrogen) atoms. The summed E-state index contributed by atoms with van der Waals surface area (Å²) in [7, 11) is 1.69. The first-order valence-electron chi connectivity index (χ1n) is 5.45. The van der Waals surface area contributed by atoms with Crippen LogP contribution in [-0.4, -0.2) is 16.7 Å². The third kappa shape index (κ3) is 1.31. The van der Waals surface area contributed by atoms with Crippen LogP contribution in [0.1, 0.15) is 17.8 Å². The van der Waals surface area contributed by atoms with Gasteiger partial charge < -0.3 is 9.30 Å². The Morgan fingerprint density at radius 1 is 1.50 bits per heavy atom. The van der Waals surface area contributed by atoms with Crippen LogP contribution in [0.5, 0.6) is 5.75 Å². The van der Waals surface area contributed by atoms with Gasteiger partial charge in [-0.05, 0) is 24.5 Å². The first-order valence-corrected chi connectivity index (χ1v) is 5.99. The van der Waals surface area contributed by atoms with Crippen LogP contribution in [0.25, 0.3) is 11.0 Å². The molecule has 1 aromatic carbocycles. The fourth-order valence-corrected chi connectivity index (χ4v) is 2.66. The maximum absolute atomic E-state index is 5.92. The maximum atomic E-state index is 5.92. The number of hydrogen-bond acceptors (Lipinski definition) is 2. The van der Waals surface area contributed by atoms with Gasteiger partial charge in [-0.3, -0.25) is 0 Å². The summed E-state index contributed by atoms with van der Waals surface area (Å²) < 4.78 is 7.53. The lowest BCUT2D eigenvalue weighted by Crippen LogP contribution is -2.09. The molecule has 2 heterocycles. The van der Waals surface area contributed by atoms with Crippen LogP contribution in [0.2, 0.25) is 0 Å². The number of halogens is 1. The summed E-state index contributed by atoms with van der Waals surface area (Å²) in [6, 6.07) is 4.09. The predicted molar refractivity (Wildman–Crippen MR) is 64.2 cm³/mol. The SMILES string of the molecule is COc1cc2c3c(c1)nc(CCl)n3CCC2. The Morgan fingerprint density at radius 2 is 2.38 bits per heavy atom. The van der Waals surface area contributed by atoms with Crippen molar-refractivity contribution < 1.29 is 4.74 Å². The summed E-state index contributed by atoms with van der Waals surface area (Å²) in [4.78, 5) is 4.56. The molecule has 3 rings (SSSR count). The Bertz CT molecular complexity index is 547. The molecule has 0 saturated carbocycles. The molecule has 0 spiro atoms. The number of nitrogens with zero attached hydrogens (tertiary/aromatic N) is 2. The molecule has 0 fully saturated rings. The van der Waals surface area contributed by atoms with E-state index in [1.54, 1.807) is 7.11 Å². The first kappa shape index (κ1) is 9.97. The predicted octanol–water partition coefficient (Wildman–Crippen LogP) is 2.73. The average molecular weight is 237 g/mol. The minimum Gasteiger partial charge on any atom is -0.497 e. The number of imidazole rings is 1. The minimum atomic E-state index is 0.469. The fraction of sp³-hybridized carbons (Fsp3) is 0.417. The summed E-state index contributed by atoms with van der Waals surface area (Å²) >= 11 is 5.92. The van der Waals surface area contributed by atoms with Gasteiger partial charge in [-0.25, -0.2) is 4.98 Å². The number of aromatic nitrogens is 2. The topological polar surface area (TPSA) is 27.1 Å². The quantitative estimate of drug-likeness (QED) is 0.750. The van der Waals surface area contributed by atoms with E-state index in [9.17, 15) is 0 Å². The van der Waals surface area contributed by atoms with Crippen molar-refractivity contribution in [2.75, 3.05) is 7.11 Å². The number of aryl methyl sites for hydroxylation is 2. The zero-order valence-electron chi connectivity index (χ0n) is 9.16. The van der Waals surface area contributed by atoms with Crippen LogP contribution in [0.15, 0.2) is 12.1 Å². The molecule has 0 saturated heterocycles. The van der Waals surface area contributed by atoms with Gasteiger partial charge in [0, 0.05) is 12.6 Å². The van der Waals surface area contributed by atoms with E-state index in [0.717, 1.165) is 36.5 Å². The molecule has 4 heteroatoms. The highest BCUT2D eigenvalue weighted by molar-refractivity contribution is 6.16. The van der Waals surface area contributed by atoms with Gasteiger partial charge in [0.25, 0.3) is 0 Å². The lowest BCUT2D eigenvalue weighted by atomic mass is 10.0. The summed E-state index contributed by atoms with van der Waals surface area (Å²) in [5.74, 6) is 2.32. The van der Waals surface area contributed by atoms with E-state index in [0.29, 0.717) is 5.88 Å². The summed E-state index contributed by atoms with van der Waals surface area (Å²) in [6.45, 7) is 1.03. The second-order valence-corrected chi connectivity index (χ2v) is 4.34. The minimum absolute atomic E-state index is 0.469. The highest BCUT2D eigenvalue weighted by Gasteiger charge is 2.18. The smallest absolute Gasteiger partial charge is 0.124 e. The molecule has 2 aromatic rings. The molecular formula is C12H13ClN2O. The van der Waals surface area contributed by atoms with Gasteiger partial charge in [-0.1, -0.05) is 0 Å². The maximum Gasteiger partial charge on any atom is 0.124 e. The normalized spacial score (nSPS) is 14.4. The van der Waals surface area contributed by atoms with E-state index in [2.05, 4.69) is 15.6 Å². The molecule has 0 unspecified atom stereocenters. The van der Waals surface area contributed by atoms with Gasteiger partial charge in [0.1, 0.15) is 11.6 Å². The Labute approximate surface area is 99.0 Å². The Hall–Kier alpha value is -1.22. The second-order valence-electron chi connectivity index (χ2n) is 4.07. The molecule has 0 aliphatic carbocycles. The van der Waals surface area contributed by atoms with Crippen LogP contribution in [0, 0.1) is 0 Å². The molecule has 84 valence electrons. The van der Waals surface area contributed by atoms with E-state index >= 15 is 0 Å². The molecule has 1 aliphatic heterocycles. The largest absolute Gasteiger partial charge is 0.497 e. The average Bonchev–Trinajstić information content (AvgIpc) is 2.69. The Kier molecular flexibility index (Phi) is 2.28. The molecule has 0 amide bonds. The van der Waals surface area contributed by atoms with Gasteiger partial charge in [-0.15, -0.1) is 11.6 Å². The van der Waals surface area contributed by atoms with E-state index in [4.69, 9.17) is 16.3 Å². The zero-order chi connectivity index (χ0) is 11.1. The summed E-state index contributed by atoms with van der Waals surface area (Å²) in [5, 5.41) is 0. The fourth-order valence-electron chi connectivity index (χ4n) is 2.45. The summed E-state index contributed by atoms with van der Waals surface area (Å²) in [5.41, 5.74) is 3.57. The number of methoxy groups -OCH3 is 1. The van der Waals surface area contributed by atoms with Crippen molar-refractivity contribution in [1.82, 2.24) is 9.55 Å². The number of alkyl halides is 1. The van der Waals surface area contributed by atoms with Crippen LogP contribution in [0.3, 0.4) is 0 Å². The first-order chi connectivity index (χ1) is 7.83. The second kappa shape index (κ2) is 3.67. The van der Waals surface area contributed by atoms with Crippen molar-refractivity contribution in [3.05, 3.63) is 23.5 Å². The van der Waals surface area contributed by atoms with Crippen molar-refractivity contribution in [2.45, 2.75) is 25.3 Å². The molecule has 0 radical (unpaired) electrons. The number of hydrogen-bond donors (Lipinski definition) is 0. The van der Waals surface area contributed by atoms with Crippen molar-refractivity contribution in [3.63, 3.8) is 0 Å². The van der Waals surface area contributed by atoms with E-state index in [1.165, 1.54) is 11.1 Å². The van der Waals surface area contributed by atoms with Gasteiger partial charge in [0.2, 0.25) is 0 Å². The van der Waals surface area contributed by atoms with Crippen LogP contribution in [-0.2, 0) is 18.8 Å². The highest BCUT2D eigenvalue weighted by atomic mass is 35.5. The monoisotopic (exact) mass is 236 g/mol. The third-order valence-electron chi connectivity index (χ3n) is 3.16. The van der Waals surface area contributed by atoms with Crippen LogP contribution >= 0.6 is 11.6 Å². The molecular weight excluding hydrogens is 224 g/mol. The molecule has 0 N–H and O–H groups in total. The number of benzene rings is 1. The summed E-state index contributed by atoms with van der Waals surface area (Å²) in [6.07, 6.45) is 2.25. The molecule has 0 bridgehead atoms. The molecule has 1 aliphatic rings. The number of rotatable bonds is 2. The van der Waals surface area contributed by atoms with Crippen molar-refractivity contribution in [2.24, 2.45) is 0 Å². The van der Waals surface area contributed by atoms with E-state index in [-0.39, 0.29) is 0 Å². The zero-order valence-corrected chi connectivity index (χ0v) is 9.92. The van der Waals surface area contributed by atoms with Gasteiger partial charge >= 0.3 is 0 Å². The third-order valence-corrected chi connectivity index (χ3v) is 3.40. The van der Waals surface area contributed by atoms with Crippen molar-refractivity contribution in [3.8, 4) is 5.75 Å². The molecule has 3 nitrogen and oxygen atoms in total. The lowest BCUT2D eigenvalue weighted by molar-refractivity contribution is 0.414. The standard InChI is InChI=1S/C12H13ClN2O/c1-16-9-5-8-3-2-4-15-11(7-13)14-10(6-9)12(8)15/h5-6H,2-4,7H2,1H3. The van der Waals surface area contributed by atoms with Crippen LogP contribution in [0.4, 0.5) is 0 Å². The van der Waals surface area contributed by atoms with E-state index < -0.39 is 0 Å². The van der Waals surface area contributed by atoms with Gasteiger partial charge in [0.15, 0.2) is 0 Å². The Balaban J connectivity index is 2.34. The lowest BCUT2D eigenvalue weighted by Gasteiger charge is -2.16. The number of ether oxygens (including phenoxy) is 1. The highest BCUT2D eigenvalue weighted by Crippen LogP contribution is 2.30. The van der Waals surface area contributed by atoms with Crippen LogP contribution < -0.4 is 4.74 Å². The van der Waals surface area contributed by atoms with Gasteiger partial charge in [-0.2, -0.15) is 0 Å². The van der Waals surface area contributed by atoms with E-state index in [1.807, 2.05) is 6.07 Å². The Morgan fingerprint density at radius 3 is 3.12 bits per heavy atom. The van der Waals surface area contributed by atoms with Gasteiger partial charge in [0.05, 0.1) is 24.0 Å². The molecule has 1 aromatic heterocycles. The van der Waals surface area contributed by atoms with Crippen molar-refractivity contribution in [1.29, 1.82) is 0 Å².